The third-order valence-electron chi connectivity index (χ3n) is 5.26. The molecule has 0 atom stereocenters. The highest BCUT2D eigenvalue weighted by Crippen LogP contribution is 2.28. The first-order valence-corrected chi connectivity index (χ1v) is 9.68. The Bertz CT molecular complexity index is 1100. The lowest BCUT2D eigenvalue weighted by molar-refractivity contribution is 0.415. The van der Waals surface area contributed by atoms with Gasteiger partial charge in [0.25, 0.3) is 0 Å². The maximum Gasteiger partial charge on any atom is 0.119 e. The normalized spacial score (nSPS) is 11.7. The summed E-state index contributed by atoms with van der Waals surface area (Å²) in [5.74, 6) is 0.873. The minimum absolute atomic E-state index is 0.184. The van der Waals surface area contributed by atoms with Crippen LogP contribution in [0, 0.1) is 6.07 Å². The summed E-state index contributed by atoms with van der Waals surface area (Å²) in [6, 6.07) is 27.1. The molecule has 0 fully saturated rings. The first kappa shape index (κ1) is 18.4. The van der Waals surface area contributed by atoms with E-state index in [0.29, 0.717) is 0 Å². The summed E-state index contributed by atoms with van der Waals surface area (Å²) in [4.78, 5) is 0. The van der Waals surface area contributed by atoms with Gasteiger partial charge in [-0.1, -0.05) is 63.2 Å². The lowest BCUT2D eigenvalue weighted by Gasteiger charge is -2.19. The monoisotopic (exact) mass is 368 g/mol. The highest BCUT2D eigenvalue weighted by Gasteiger charge is 2.13. The first-order valence-electron chi connectivity index (χ1n) is 9.68. The molecule has 0 aliphatic rings. The van der Waals surface area contributed by atoms with E-state index in [0.717, 1.165) is 23.2 Å². The number of benzene rings is 3. The second-order valence-electron chi connectivity index (χ2n) is 8.31. The van der Waals surface area contributed by atoms with Crippen molar-refractivity contribution in [1.29, 1.82) is 0 Å². The van der Waals surface area contributed by atoms with Crippen LogP contribution < -0.4 is 4.74 Å². The van der Waals surface area contributed by atoms with Crippen LogP contribution in [0.25, 0.3) is 22.0 Å². The second-order valence-corrected chi connectivity index (χ2v) is 8.31. The van der Waals surface area contributed by atoms with Gasteiger partial charge in [0, 0.05) is 29.7 Å². The van der Waals surface area contributed by atoms with Crippen LogP contribution >= 0.6 is 0 Å². The molecule has 1 heterocycles. The van der Waals surface area contributed by atoms with Crippen molar-refractivity contribution in [3.05, 3.63) is 90.1 Å². The number of fused-ring (bicyclic) bond motifs is 1. The van der Waals surface area contributed by atoms with Gasteiger partial charge < -0.3 is 9.30 Å². The van der Waals surface area contributed by atoms with E-state index in [2.05, 4.69) is 92.2 Å². The van der Waals surface area contributed by atoms with Gasteiger partial charge in [-0.25, -0.2) is 0 Å². The molecule has 0 aliphatic heterocycles. The molecule has 1 radical (unpaired) electrons. The summed E-state index contributed by atoms with van der Waals surface area (Å²) in [5.41, 5.74) is 6.38. The molecule has 2 nitrogen and oxygen atoms in total. The number of hydrogen-bond acceptors (Lipinski definition) is 1. The molecule has 4 aromatic rings. The molecule has 0 N–H and O–H groups in total. The standard InChI is InChI=1S/C26H26NO/c1-26(2,3)23-11-8-19(9-12-23)18-27-15-14-22-16-21(10-13-25(22)27)20-6-5-7-24(17-20)28-4/h5-13,15-17H,18H2,1-4H3. The zero-order valence-corrected chi connectivity index (χ0v) is 17.0. The Morgan fingerprint density at radius 2 is 1.64 bits per heavy atom. The predicted octanol–water partition coefficient (Wildman–Crippen LogP) is 6.46. The SMILES string of the molecule is COc1cccc(-c2ccc3c([c]cn3Cc3ccc(C(C)(C)C)cc3)c2)c1. The molecule has 1 aromatic heterocycles. The third-order valence-corrected chi connectivity index (χ3v) is 5.26. The Morgan fingerprint density at radius 1 is 0.893 bits per heavy atom. The number of methoxy groups -OCH3 is 1. The van der Waals surface area contributed by atoms with Crippen molar-refractivity contribution >= 4 is 10.9 Å². The predicted molar refractivity (Wildman–Crippen MR) is 117 cm³/mol. The van der Waals surface area contributed by atoms with Crippen molar-refractivity contribution in [2.75, 3.05) is 7.11 Å². The fourth-order valence-electron chi connectivity index (χ4n) is 3.54. The fourth-order valence-corrected chi connectivity index (χ4v) is 3.54. The zero-order chi connectivity index (χ0) is 19.7. The molecule has 0 saturated carbocycles. The largest absolute Gasteiger partial charge is 0.497 e. The van der Waals surface area contributed by atoms with Gasteiger partial charge in [0.15, 0.2) is 0 Å². The fraction of sp³-hybridized carbons (Fsp3) is 0.231. The van der Waals surface area contributed by atoms with Crippen molar-refractivity contribution in [1.82, 2.24) is 4.57 Å². The van der Waals surface area contributed by atoms with Crippen molar-refractivity contribution in [2.45, 2.75) is 32.7 Å². The van der Waals surface area contributed by atoms with Gasteiger partial charge in [-0.3, -0.25) is 0 Å². The average molecular weight is 369 g/mol. The lowest BCUT2D eigenvalue weighted by atomic mass is 9.87. The molecular weight excluding hydrogens is 342 g/mol. The molecule has 0 spiro atoms. The topological polar surface area (TPSA) is 14.2 Å². The minimum Gasteiger partial charge on any atom is -0.497 e. The molecule has 28 heavy (non-hydrogen) atoms. The van der Waals surface area contributed by atoms with Gasteiger partial charge in [0.2, 0.25) is 0 Å². The van der Waals surface area contributed by atoms with Crippen LogP contribution in [-0.4, -0.2) is 11.7 Å². The number of nitrogens with zero attached hydrogens (tertiary/aromatic N) is 1. The van der Waals surface area contributed by atoms with Crippen LogP contribution in [0.1, 0.15) is 31.9 Å². The van der Waals surface area contributed by atoms with Crippen LogP contribution in [-0.2, 0) is 12.0 Å². The molecule has 0 unspecified atom stereocenters. The Balaban J connectivity index is 1.61. The minimum atomic E-state index is 0.184. The van der Waals surface area contributed by atoms with Crippen molar-refractivity contribution < 1.29 is 4.74 Å². The number of aromatic nitrogens is 1. The summed E-state index contributed by atoms with van der Waals surface area (Å²) in [6.07, 6.45) is 2.05. The van der Waals surface area contributed by atoms with Crippen molar-refractivity contribution in [3.8, 4) is 16.9 Å². The van der Waals surface area contributed by atoms with Crippen molar-refractivity contribution in [3.63, 3.8) is 0 Å². The number of rotatable bonds is 4. The summed E-state index contributed by atoms with van der Waals surface area (Å²) >= 11 is 0. The van der Waals surface area contributed by atoms with E-state index in [1.807, 2.05) is 12.1 Å². The third kappa shape index (κ3) is 3.68. The summed E-state index contributed by atoms with van der Waals surface area (Å²) in [6.45, 7) is 7.59. The van der Waals surface area contributed by atoms with Gasteiger partial charge in [0.1, 0.15) is 5.75 Å². The smallest absolute Gasteiger partial charge is 0.119 e. The van der Waals surface area contributed by atoms with Gasteiger partial charge >= 0.3 is 0 Å². The first-order chi connectivity index (χ1) is 13.4. The number of hydrogen-bond donors (Lipinski definition) is 0. The van der Waals surface area contributed by atoms with Crippen LogP contribution in [0.3, 0.4) is 0 Å². The van der Waals surface area contributed by atoms with E-state index in [9.17, 15) is 0 Å². The molecular formula is C26H26NO. The molecule has 2 heteroatoms. The second kappa shape index (κ2) is 7.20. The van der Waals surface area contributed by atoms with Crippen LogP contribution in [0.15, 0.2) is 72.9 Å². The van der Waals surface area contributed by atoms with E-state index in [4.69, 9.17) is 4.74 Å². The molecule has 0 saturated heterocycles. The lowest BCUT2D eigenvalue weighted by Crippen LogP contribution is -2.10. The molecule has 3 aromatic carbocycles. The van der Waals surface area contributed by atoms with Gasteiger partial charge in [-0.15, -0.1) is 0 Å². The van der Waals surface area contributed by atoms with Gasteiger partial charge in [-0.05, 0) is 51.9 Å². The Kier molecular flexibility index (Phi) is 4.72. The Labute approximate surface area is 167 Å². The maximum atomic E-state index is 5.35. The zero-order valence-electron chi connectivity index (χ0n) is 17.0. The maximum absolute atomic E-state index is 5.35. The Morgan fingerprint density at radius 3 is 2.36 bits per heavy atom. The summed E-state index contributed by atoms with van der Waals surface area (Å²) in [7, 11) is 1.70. The van der Waals surface area contributed by atoms with Gasteiger partial charge in [-0.2, -0.15) is 0 Å². The average Bonchev–Trinajstić information content (AvgIpc) is 3.10. The molecule has 0 bridgehead atoms. The quantitative estimate of drug-likeness (QED) is 0.403. The number of ether oxygens (including phenoxy) is 1. The highest BCUT2D eigenvalue weighted by molar-refractivity contribution is 5.85. The van der Waals surface area contributed by atoms with Gasteiger partial charge in [0.05, 0.1) is 7.11 Å². The summed E-state index contributed by atoms with van der Waals surface area (Å²) in [5, 5.41) is 1.13. The van der Waals surface area contributed by atoms with E-state index >= 15 is 0 Å². The molecule has 0 amide bonds. The van der Waals surface area contributed by atoms with Crippen LogP contribution in [0.2, 0.25) is 0 Å². The molecule has 141 valence electrons. The van der Waals surface area contributed by atoms with E-state index in [1.54, 1.807) is 7.11 Å². The van der Waals surface area contributed by atoms with Crippen LogP contribution in [0.4, 0.5) is 0 Å². The summed E-state index contributed by atoms with van der Waals surface area (Å²) < 4.78 is 7.61. The highest BCUT2D eigenvalue weighted by atomic mass is 16.5. The van der Waals surface area contributed by atoms with Crippen molar-refractivity contribution in [2.24, 2.45) is 0 Å². The Hall–Kier alpha value is -3.00. The molecule has 0 aliphatic carbocycles. The molecule has 4 rings (SSSR count). The van der Waals surface area contributed by atoms with E-state index < -0.39 is 0 Å². The van der Waals surface area contributed by atoms with Crippen LogP contribution in [0.5, 0.6) is 5.75 Å². The van der Waals surface area contributed by atoms with E-state index in [-0.39, 0.29) is 5.41 Å². The van der Waals surface area contributed by atoms with E-state index in [1.165, 1.54) is 22.2 Å².